The highest BCUT2D eigenvalue weighted by atomic mass is 35.5. The average molecular weight is 503 g/mol. The van der Waals surface area contributed by atoms with Gasteiger partial charge in [-0.3, -0.25) is 0 Å². The first-order valence-electron chi connectivity index (χ1n) is 15.0. The molecule has 0 aliphatic carbocycles. The summed E-state index contributed by atoms with van der Waals surface area (Å²) in [4.78, 5) is 0. The first-order chi connectivity index (χ1) is 16.3. The summed E-state index contributed by atoms with van der Waals surface area (Å²) in [6, 6.07) is 0. The lowest BCUT2D eigenvalue weighted by Crippen LogP contribution is -2.13. The predicted octanol–water partition coefficient (Wildman–Crippen LogP) is 10.5. The Balaban J connectivity index is 3.76. The molecule has 0 N–H and O–H groups in total. The van der Waals surface area contributed by atoms with Crippen LogP contribution in [-0.2, 0) is 9.47 Å². The van der Waals surface area contributed by atoms with Crippen molar-refractivity contribution in [2.24, 2.45) is 35.5 Å². The van der Waals surface area contributed by atoms with Crippen LogP contribution in [0.5, 0.6) is 0 Å². The smallest absolute Gasteiger partial charge is 0.146 e. The molecule has 2 nitrogen and oxygen atoms in total. The number of ether oxygens (including phenoxy) is 2. The number of hydrogen-bond donors (Lipinski definition) is 0. The lowest BCUT2D eigenvalue weighted by atomic mass is 9.81. The van der Waals surface area contributed by atoms with Crippen molar-refractivity contribution < 1.29 is 9.47 Å². The zero-order chi connectivity index (χ0) is 25.6. The van der Waals surface area contributed by atoms with Crippen molar-refractivity contribution in [1.82, 2.24) is 0 Å². The van der Waals surface area contributed by atoms with E-state index < -0.39 is 0 Å². The van der Waals surface area contributed by atoms with Gasteiger partial charge in [-0.05, 0) is 99.7 Å². The quantitative estimate of drug-likeness (QED) is 0.0701. The molecule has 0 aliphatic rings. The summed E-state index contributed by atoms with van der Waals surface area (Å²) in [7, 11) is 0. The standard InChI is InChI=1S/C31H63ClO2/c1-8-9-10-11-12-18-33-25-34-19-14-16-27(3)21-29(5)23-31(7)24-30(6)22-28(4)20-26(2)15-13-17-32/h26-31H,8-25H2,1-7H3. The molecule has 0 saturated carbocycles. The Kier molecular flexibility index (Phi) is 23.7. The summed E-state index contributed by atoms with van der Waals surface area (Å²) in [5.74, 6) is 5.75. The van der Waals surface area contributed by atoms with Gasteiger partial charge in [0.15, 0.2) is 0 Å². The normalized spacial score (nSPS) is 17.3. The van der Waals surface area contributed by atoms with E-state index in [4.69, 9.17) is 21.1 Å². The number of alkyl halides is 1. The maximum Gasteiger partial charge on any atom is 0.146 e. The van der Waals surface area contributed by atoms with E-state index in [1.165, 1.54) is 83.5 Å². The van der Waals surface area contributed by atoms with E-state index in [9.17, 15) is 0 Å². The molecule has 0 aliphatic heterocycles. The molecule has 0 aromatic rings. The molecule has 206 valence electrons. The van der Waals surface area contributed by atoms with Crippen LogP contribution in [-0.4, -0.2) is 25.9 Å². The largest absolute Gasteiger partial charge is 0.355 e. The zero-order valence-corrected chi connectivity index (χ0v) is 25.1. The van der Waals surface area contributed by atoms with E-state index in [1.54, 1.807) is 0 Å². The Morgan fingerprint density at radius 1 is 0.500 bits per heavy atom. The van der Waals surface area contributed by atoms with Gasteiger partial charge in [0.25, 0.3) is 0 Å². The van der Waals surface area contributed by atoms with Crippen molar-refractivity contribution in [2.75, 3.05) is 25.9 Å². The van der Waals surface area contributed by atoms with Gasteiger partial charge < -0.3 is 9.47 Å². The highest BCUT2D eigenvalue weighted by Gasteiger charge is 2.17. The topological polar surface area (TPSA) is 18.5 Å². The molecule has 34 heavy (non-hydrogen) atoms. The molecule has 3 heteroatoms. The van der Waals surface area contributed by atoms with Gasteiger partial charge in [-0.15, -0.1) is 11.6 Å². The SMILES string of the molecule is CCCCCCCOCOCCCC(C)CC(C)CC(C)CC(C)CC(C)CC(C)CCCCl. The molecule has 6 atom stereocenters. The third kappa shape index (κ3) is 22.7. The number of halogens is 1. The van der Waals surface area contributed by atoms with Gasteiger partial charge in [0.1, 0.15) is 6.79 Å². The van der Waals surface area contributed by atoms with Crippen molar-refractivity contribution in [3.8, 4) is 0 Å². The van der Waals surface area contributed by atoms with Crippen molar-refractivity contribution in [2.45, 2.75) is 138 Å². The Morgan fingerprint density at radius 2 is 0.912 bits per heavy atom. The number of rotatable bonds is 25. The van der Waals surface area contributed by atoms with Crippen LogP contribution < -0.4 is 0 Å². The molecule has 0 saturated heterocycles. The fourth-order valence-corrected chi connectivity index (χ4v) is 6.15. The van der Waals surface area contributed by atoms with Crippen LogP contribution in [0, 0.1) is 35.5 Å². The molecule has 6 unspecified atom stereocenters. The van der Waals surface area contributed by atoms with Crippen molar-refractivity contribution >= 4 is 11.6 Å². The van der Waals surface area contributed by atoms with Crippen LogP contribution in [0.1, 0.15) is 138 Å². The van der Waals surface area contributed by atoms with Gasteiger partial charge in [-0.1, -0.05) is 74.1 Å². The molecular weight excluding hydrogens is 440 g/mol. The van der Waals surface area contributed by atoms with Crippen molar-refractivity contribution in [3.63, 3.8) is 0 Å². The zero-order valence-electron chi connectivity index (χ0n) is 24.4. The Bertz CT molecular complexity index is 416. The fourth-order valence-electron chi connectivity index (χ4n) is 6.00. The molecule has 0 amide bonds. The summed E-state index contributed by atoms with van der Waals surface area (Å²) >= 11 is 5.85. The molecule has 0 spiro atoms. The second-order valence-corrected chi connectivity index (χ2v) is 12.5. The third-order valence-electron chi connectivity index (χ3n) is 7.40. The molecule has 0 radical (unpaired) electrons. The van der Waals surface area contributed by atoms with E-state index in [1.807, 2.05) is 0 Å². The summed E-state index contributed by atoms with van der Waals surface area (Å²) in [6.45, 7) is 19.1. The fraction of sp³-hybridized carbons (Fsp3) is 1.00. The molecule has 0 aromatic heterocycles. The summed E-state index contributed by atoms with van der Waals surface area (Å²) in [5.41, 5.74) is 0. The van der Waals surface area contributed by atoms with Gasteiger partial charge in [-0.2, -0.15) is 0 Å². The van der Waals surface area contributed by atoms with Crippen molar-refractivity contribution in [3.05, 3.63) is 0 Å². The van der Waals surface area contributed by atoms with E-state index in [2.05, 4.69) is 48.5 Å². The third-order valence-corrected chi connectivity index (χ3v) is 7.67. The maximum absolute atomic E-state index is 5.85. The first-order valence-corrected chi connectivity index (χ1v) is 15.5. The second-order valence-electron chi connectivity index (χ2n) is 12.1. The van der Waals surface area contributed by atoms with Gasteiger partial charge >= 0.3 is 0 Å². The minimum atomic E-state index is 0.471. The monoisotopic (exact) mass is 502 g/mol. The Morgan fingerprint density at radius 3 is 1.38 bits per heavy atom. The van der Waals surface area contributed by atoms with E-state index >= 15 is 0 Å². The minimum absolute atomic E-state index is 0.471. The van der Waals surface area contributed by atoms with Crippen LogP contribution in [0.15, 0.2) is 0 Å². The number of unbranched alkanes of at least 4 members (excludes halogenated alkanes) is 4. The minimum Gasteiger partial charge on any atom is -0.355 e. The van der Waals surface area contributed by atoms with Crippen LogP contribution in [0.2, 0.25) is 0 Å². The first kappa shape index (κ1) is 34.2. The average Bonchev–Trinajstić information content (AvgIpc) is 2.75. The summed E-state index contributed by atoms with van der Waals surface area (Å²) < 4.78 is 11.3. The van der Waals surface area contributed by atoms with Crippen LogP contribution in [0.4, 0.5) is 0 Å². The molecule has 0 heterocycles. The van der Waals surface area contributed by atoms with Gasteiger partial charge in [-0.25, -0.2) is 0 Å². The molecular formula is C31H63ClO2. The lowest BCUT2D eigenvalue weighted by Gasteiger charge is -2.25. The van der Waals surface area contributed by atoms with Crippen LogP contribution in [0.3, 0.4) is 0 Å². The predicted molar refractivity (Wildman–Crippen MR) is 153 cm³/mol. The summed E-state index contributed by atoms with van der Waals surface area (Å²) in [6.07, 6.45) is 18.2. The number of hydrogen-bond acceptors (Lipinski definition) is 2. The van der Waals surface area contributed by atoms with Crippen LogP contribution >= 0.6 is 11.6 Å². The lowest BCUT2D eigenvalue weighted by molar-refractivity contribution is -0.0561. The highest BCUT2D eigenvalue weighted by molar-refractivity contribution is 6.17. The molecule has 0 fully saturated rings. The Labute approximate surface area is 220 Å². The van der Waals surface area contributed by atoms with Crippen LogP contribution in [0.25, 0.3) is 0 Å². The molecule has 0 aromatic carbocycles. The molecule has 0 rings (SSSR count). The van der Waals surface area contributed by atoms with E-state index in [0.717, 1.165) is 61.0 Å². The highest BCUT2D eigenvalue weighted by Crippen LogP contribution is 2.29. The maximum atomic E-state index is 5.85. The van der Waals surface area contributed by atoms with Gasteiger partial charge in [0.05, 0.1) is 0 Å². The second kappa shape index (κ2) is 23.6. The van der Waals surface area contributed by atoms with Crippen molar-refractivity contribution in [1.29, 1.82) is 0 Å². The van der Waals surface area contributed by atoms with Gasteiger partial charge in [0, 0.05) is 19.1 Å². The van der Waals surface area contributed by atoms with E-state index in [0.29, 0.717) is 6.79 Å². The molecule has 0 bridgehead atoms. The van der Waals surface area contributed by atoms with E-state index in [-0.39, 0.29) is 0 Å². The summed E-state index contributed by atoms with van der Waals surface area (Å²) in [5, 5.41) is 0. The van der Waals surface area contributed by atoms with Gasteiger partial charge in [0.2, 0.25) is 0 Å². The Hall–Kier alpha value is 0.210.